The molecule has 6 nitrogen and oxygen atoms in total. The monoisotopic (exact) mass is 386 g/mol. The highest BCUT2D eigenvalue weighted by molar-refractivity contribution is 7.09. The third kappa shape index (κ3) is 5.37. The van der Waals surface area contributed by atoms with Crippen molar-refractivity contribution in [2.45, 2.75) is 39.7 Å². The van der Waals surface area contributed by atoms with Crippen molar-refractivity contribution in [3.8, 4) is 5.75 Å². The summed E-state index contributed by atoms with van der Waals surface area (Å²) in [4.78, 5) is 18.8. The van der Waals surface area contributed by atoms with E-state index in [1.807, 2.05) is 31.4 Å². The molecule has 1 fully saturated rings. The topological polar surface area (TPSA) is 66.8 Å². The average molecular weight is 387 g/mol. The van der Waals surface area contributed by atoms with Crippen LogP contribution in [-0.2, 0) is 17.8 Å². The van der Waals surface area contributed by atoms with Crippen LogP contribution in [0, 0.1) is 6.92 Å². The van der Waals surface area contributed by atoms with Gasteiger partial charge in [0.05, 0.1) is 19.2 Å². The second-order valence-electron chi connectivity index (χ2n) is 6.80. The quantitative estimate of drug-likeness (QED) is 0.586. The number of likely N-dealkylation sites (tertiary alicyclic amines) is 1. The highest BCUT2D eigenvalue weighted by Crippen LogP contribution is 2.23. The third-order valence-electron chi connectivity index (χ3n) is 4.62. The molecule has 0 radical (unpaired) electrons. The number of nitrogens with zero attached hydrogens (tertiary/aromatic N) is 3. The number of amides is 1. The number of methoxy groups -OCH3 is 1. The smallest absolute Gasteiger partial charge is 0.246 e. The summed E-state index contributed by atoms with van der Waals surface area (Å²) in [5.41, 5.74) is 6.47. The van der Waals surface area contributed by atoms with Crippen LogP contribution in [0.3, 0.4) is 0 Å². The van der Waals surface area contributed by atoms with Gasteiger partial charge in [-0.15, -0.1) is 11.3 Å². The molecule has 0 aliphatic carbocycles. The highest BCUT2D eigenvalue weighted by Gasteiger charge is 2.15. The van der Waals surface area contributed by atoms with Crippen LogP contribution >= 0.6 is 11.3 Å². The fraction of sp³-hybridized carbons (Fsp3) is 0.450. The zero-order chi connectivity index (χ0) is 19.2. The number of benzene rings is 1. The maximum absolute atomic E-state index is 12.1. The van der Waals surface area contributed by atoms with Gasteiger partial charge in [-0.2, -0.15) is 5.10 Å². The Morgan fingerprint density at radius 2 is 2.15 bits per heavy atom. The van der Waals surface area contributed by atoms with E-state index in [9.17, 15) is 4.79 Å². The molecule has 144 valence electrons. The molecule has 0 saturated carbocycles. The van der Waals surface area contributed by atoms with Crippen LogP contribution in [0.4, 0.5) is 0 Å². The predicted molar refractivity (Wildman–Crippen MR) is 108 cm³/mol. The van der Waals surface area contributed by atoms with E-state index in [0.717, 1.165) is 52.9 Å². The molecular formula is C20H26N4O2S. The standard InChI is InChI=1S/C20H26N4O2S/c1-14-13-27-20(21-14)11-19(25)23-22-15(2)16-6-7-18(26-3)17(10-16)12-24-8-4-5-9-24/h6-7,10,13H,4-5,8-9,11-12H2,1-3H3,(H,23,25)/b22-15-. The van der Waals surface area contributed by atoms with Gasteiger partial charge >= 0.3 is 0 Å². The van der Waals surface area contributed by atoms with Gasteiger partial charge in [0.25, 0.3) is 0 Å². The first kappa shape index (κ1) is 19.5. The molecule has 0 bridgehead atoms. The number of nitrogens with one attached hydrogen (secondary N) is 1. The summed E-state index contributed by atoms with van der Waals surface area (Å²) in [5.74, 6) is 0.733. The van der Waals surface area contributed by atoms with Crippen molar-refractivity contribution in [2.24, 2.45) is 5.10 Å². The van der Waals surface area contributed by atoms with E-state index in [4.69, 9.17) is 4.74 Å². The first-order valence-corrected chi connectivity index (χ1v) is 10.1. The van der Waals surface area contributed by atoms with Crippen molar-refractivity contribution in [2.75, 3.05) is 20.2 Å². The molecule has 1 aliphatic heterocycles. The number of hydrogen-bond donors (Lipinski definition) is 1. The number of hydrogen-bond acceptors (Lipinski definition) is 6. The molecule has 1 aliphatic rings. The van der Waals surface area contributed by atoms with Crippen LogP contribution in [0.1, 0.15) is 41.6 Å². The lowest BCUT2D eigenvalue weighted by Crippen LogP contribution is -2.21. The van der Waals surface area contributed by atoms with Gasteiger partial charge in [-0.25, -0.2) is 10.4 Å². The Hall–Kier alpha value is -2.25. The number of carbonyl (C=O) groups excluding carboxylic acids is 1. The van der Waals surface area contributed by atoms with Crippen LogP contribution in [0.15, 0.2) is 28.7 Å². The van der Waals surface area contributed by atoms with Gasteiger partial charge in [-0.05, 0) is 63.5 Å². The van der Waals surface area contributed by atoms with Crippen molar-refractivity contribution >= 4 is 23.0 Å². The van der Waals surface area contributed by atoms with E-state index in [1.54, 1.807) is 7.11 Å². The lowest BCUT2D eigenvalue weighted by atomic mass is 10.1. The minimum absolute atomic E-state index is 0.158. The second kappa shape index (κ2) is 9.10. The predicted octanol–water partition coefficient (Wildman–Crippen LogP) is 3.14. The van der Waals surface area contributed by atoms with Crippen molar-refractivity contribution < 1.29 is 9.53 Å². The van der Waals surface area contributed by atoms with Gasteiger partial charge in [0.2, 0.25) is 5.91 Å². The van der Waals surface area contributed by atoms with Gasteiger partial charge in [-0.1, -0.05) is 0 Å². The zero-order valence-electron chi connectivity index (χ0n) is 16.1. The number of aromatic nitrogens is 1. The molecule has 2 heterocycles. The van der Waals surface area contributed by atoms with E-state index < -0.39 is 0 Å². The highest BCUT2D eigenvalue weighted by atomic mass is 32.1. The largest absolute Gasteiger partial charge is 0.496 e. The van der Waals surface area contributed by atoms with Gasteiger partial charge in [0, 0.05) is 23.2 Å². The van der Waals surface area contributed by atoms with Gasteiger partial charge < -0.3 is 4.74 Å². The first-order valence-electron chi connectivity index (χ1n) is 9.19. The molecule has 1 saturated heterocycles. The maximum Gasteiger partial charge on any atom is 0.246 e. The maximum atomic E-state index is 12.1. The van der Waals surface area contributed by atoms with Crippen LogP contribution in [0.2, 0.25) is 0 Å². The molecule has 0 unspecified atom stereocenters. The van der Waals surface area contributed by atoms with Gasteiger partial charge in [0.1, 0.15) is 10.8 Å². The normalized spacial score (nSPS) is 15.1. The zero-order valence-corrected chi connectivity index (χ0v) is 16.9. The Balaban J connectivity index is 1.66. The lowest BCUT2D eigenvalue weighted by molar-refractivity contribution is -0.120. The van der Waals surface area contributed by atoms with E-state index in [0.29, 0.717) is 0 Å². The van der Waals surface area contributed by atoms with Crippen molar-refractivity contribution in [1.29, 1.82) is 0 Å². The Morgan fingerprint density at radius 3 is 2.81 bits per heavy atom. The van der Waals surface area contributed by atoms with Crippen molar-refractivity contribution in [3.63, 3.8) is 0 Å². The molecule has 2 aromatic rings. The van der Waals surface area contributed by atoms with Crippen molar-refractivity contribution in [1.82, 2.24) is 15.3 Å². The summed E-state index contributed by atoms with van der Waals surface area (Å²) in [6, 6.07) is 6.05. The number of thiazole rings is 1. The molecule has 0 spiro atoms. The Kier molecular flexibility index (Phi) is 6.58. The summed E-state index contributed by atoms with van der Waals surface area (Å²) in [6.45, 7) is 6.96. The molecule has 1 aromatic heterocycles. The number of aryl methyl sites for hydroxylation is 1. The molecule has 7 heteroatoms. The third-order valence-corrected chi connectivity index (χ3v) is 5.58. The Morgan fingerprint density at radius 1 is 1.37 bits per heavy atom. The van der Waals surface area contributed by atoms with Gasteiger partial charge in [-0.3, -0.25) is 9.69 Å². The molecule has 0 atom stereocenters. The second-order valence-corrected chi connectivity index (χ2v) is 7.74. The Bertz CT molecular complexity index is 825. The van der Waals surface area contributed by atoms with E-state index in [-0.39, 0.29) is 12.3 Å². The van der Waals surface area contributed by atoms with E-state index >= 15 is 0 Å². The summed E-state index contributed by atoms with van der Waals surface area (Å²) in [6.07, 6.45) is 2.76. The summed E-state index contributed by atoms with van der Waals surface area (Å²) >= 11 is 1.49. The van der Waals surface area contributed by atoms with Crippen LogP contribution in [-0.4, -0.2) is 41.7 Å². The SMILES string of the molecule is COc1ccc(/C(C)=N\NC(=O)Cc2nc(C)cs2)cc1CN1CCCC1. The van der Waals surface area contributed by atoms with E-state index in [2.05, 4.69) is 26.5 Å². The number of rotatable bonds is 7. The van der Waals surface area contributed by atoms with Crippen LogP contribution in [0.5, 0.6) is 5.75 Å². The number of carbonyl (C=O) groups is 1. The van der Waals surface area contributed by atoms with Crippen molar-refractivity contribution in [3.05, 3.63) is 45.4 Å². The minimum Gasteiger partial charge on any atom is -0.496 e. The van der Waals surface area contributed by atoms with E-state index in [1.165, 1.54) is 24.2 Å². The molecule has 27 heavy (non-hydrogen) atoms. The molecule has 1 aromatic carbocycles. The summed E-state index contributed by atoms with van der Waals surface area (Å²) in [7, 11) is 1.70. The fourth-order valence-electron chi connectivity index (χ4n) is 3.18. The fourth-order valence-corrected chi connectivity index (χ4v) is 3.95. The molecular weight excluding hydrogens is 360 g/mol. The lowest BCUT2D eigenvalue weighted by Gasteiger charge is -2.17. The number of hydrazone groups is 1. The first-order chi connectivity index (χ1) is 13.0. The minimum atomic E-state index is -0.158. The average Bonchev–Trinajstić information content (AvgIpc) is 3.31. The molecule has 1 amide bonds. The molecule has 1 N–H and O–H groups in total. The molecule has 3 rings (SSSR count). The summed E-state index contributed by atoms with van der Waals surface area (Å²) in [5, 5.41) is 7.01. The van der Waals surface area contributed by atoms with Crippen LogP contribution < -0.4 is 10.2 Å². The van der Waals surface area contributed by atoms with Crippen LogP contribution in [0.25, 0.3) is 0 Å². The number of ether oxygens (including phenoxy) is 1. The summed E-state index contributed by atoms with van der Waals surface area (Å²) < 4.78 is 5.51. The Labute approximate surface area is 164 Å². The van der Waals surface area contributed by atoms with Gasteiger partial charge in [0.15, 0.2) is 0 Å².